The molecule has 126 valence electrons. The summed E-state index contributed by atoms with van der Waals surface area (Å²) >= 11 is 0. The van der Waals surface area contributed by atoms with Gasteiger partial charge >= 0.3 is 11.9 Å². The number of hydrogen-bond donors (Lipinski definition) is 3. The third-order valence-electron chi connectivity index (χ3n) is 2.74. The molecule has 1 aromatic rings. The first-order valence-corrected chi connectivity index (χ1v) is 7.11. The Morgan fingerprint density at radius 2 is 1.70 bits per heavy atom. The van der Waals surface area contributed by atoms with E-state index in [0.717, 1.165) is 0 Å². The second-order valence-corrected chi connectivity index (χ2v) is 6.02. The van der Waals surface area contributed by atoms with Gasteiger partial charge in [-0.1, -0.05) is 12.1 Å². The van der Waals surface area contributed by atoms with Crippen molar-refractivity contribution in [3.63, 3.8) is 0 Å². The Kier molecular flexibility index (Phi) is 6.12. The van der Waals surface area contributed by atoms with Gasteiger partial charge in [-0.2, -0.15) is 0 Å². The summed E-state index contributed by atoms with van der Waals surface area (Å²) < 4.78 is 5.28. The van der Waals surface area contributed by atoms with Gasteiger partial charge in [0.1, 0.15) is 11.4 Å². The van der Waals surface area contributed by atoms with Gasteiger partial charge in [0, 0.05) is 6.42 Å². The summed E-state index contributed by atoms with van der Waals surface area (Å²) in [4.78, 5) is 34.7. The molecule has 0 fully saturated rings. The van der Waals surface area contributed by atoms with Gasteiger partial charge in [-0.15, -0.1) is 0 Å². The van der Waals surface area contributed by atoms with Crippen molar-refractivity contribution in [1.29, 1.82) is 0 Å². The molecule has 0 aliphatic carbocycles. The standard InChI is InChI=1S/C16H21NO6/c1-16(2,3)23-15(22)14(10-4-6-11(18)7-5-10)17-12(19)8-9-13(20)21/h4-7,14,18H,8-9H2,1-3H3,(H,17,19)(H,20,21). The monoisotopic (exact) mass is 323 g/mol. The Morgan fingerprint density at radius 3 is 2.17 bits per heavy atom. The van der Waals surface area contributed by atoms with Gasteiger partial charge < -0.3 is 20.3 Å². The molecule has 1 unspecified atom stereocenters. The molecule has 1 amide bonds. The molecule has 7 nitrogen and oxygen atoms in total. The average Bonchev–Trinajstić information content (AvgIpc) is 2.41. The molecule has 0 spiro atoms. The summed E-state index contributed by atoms with van der Waals surface area (Å²) in [6.45, 7) is 5.10. The summed E-state index contributed by atoms with van der Waals surface area (Å²) in [5, 5.41) is 20.4. The third kappa shape index (κ3) is 6.82. The second kappa shape index (κ2) is 7.62. The smallest absolute Gasteiger partial charge is 0.333 e. The highest BCUT2D eigenvalue weighted by molar-refractivity contribution is 5.87. The van der Waals surface area contributed by atoms with E-state index in [0.29, 0.717) is 5.56 Å². The number of nitrogens with one attached hydrogen (secondary N) is 1. The zero-order chi connectivity index (χ0) is 17.6. The van der Waals surface area contributed by atoms with Gasteiger partial charge in [0.2, 0.25) is 5.91 Å². The number of carbonyl (C=O) groups excluding carboxylic acids is 2. The van der Waals surface area contributed by atoms with Crippen LogP contribution in [0.2, 0.25) is 0 Å². The number of hydrogen-bond acceptors (Lipinski definition) is 5. The topological polar surface area (TPSA) is 113 Å². The van der Waals surface area contributed by atoms with E-state index in [1.54, 1.807) is 20.8 Å². The normalized spacial score (nSPS) is 12.3. The first kappa shape index (κ1) is 18.5. The van der Waals surface area contributed by atoms with Crippen molar-refractivity contribution in [1.82, 2.24) is 5.32 Å². The lowest BCUT2D eigenvalue weighted by Crippen LogP contribution is -2.38. The molecule has 1 aromatic carbocycles. The summed E-state index contributed by atoms with van der Waals surface area (Å²) in [6, 6.07) is 4.67. The van der Waals surface area contributed by atoms with Crippen molar-refractivity contribution in [3.8, 4) is 5.75 Å². The van der Waals surface area contributed by atoms with Crippen LogP contribution < -0.4 is 5.32 Å². The molecule has 7 heteroatoms. The van der Waals surface area contributed by atoms with Crippen LogP contribution in [0.15, 0.2) is 24.3 Å². The number of aliphatic carboxylic acids is 1. The van der Waals surface area contributed by atoms with Crippen molar-refractivity contribution in [2.24, 2.45) is 0 Å². The molecule has 0 heterocycles. The first-order chi connectivity index (χ1) is 10.6. The van der Waals surface area contributed by atoms with Crippen molar-refractivity contribution >= 4 is 17.8 Å². The molecule has 0 aromatic heterocycles. The molecule has 0 bridgehead atoms. The Hall–Kier alpha value is -2.57. The quantitative estimate of drug-likeness (QED) is 0.688. The lowest BCUT2D eigenvalue weighted by atomic mass is 10.1. The van der Waals surface area contributed by atoms with Gasteiger partial charge in [0.05, 0.1) is 6.42 Å². The van der Waals surface area contributed by atoms with E-state index in [1.807, 2.05) is 0 Å². The largest absolute Gasteiger partial charge is 0.508 e. The molecule has 1 atom stereocenters. The number of ether oxygens (including phenoxy) is 1. The zero-order valence-electron chi connectivity index (χ0n) is 13.3. The minimum atomic E-state index is -1.10. The number of aromatic hydroxyl groups is 1. The highest BCUT2D eigenvalue weighted by Crippen LogP contribution is 2.21. The molecule has 1 rings (SSSR count). The molecule has 0 aliphatic rings. The fourth-order valence-electron chi connectivity index (χ4n) is 1.76. The maximum absolute atomic E-state index is 12.3. The highest BCUT2D eigenvalue weighted by atomic mass is 16.6. The number of carboxylic acid groups (broad SMARTS) is 1. The van der Waals surface area contributed by atoms with Crippen molar-refractivity contribution in [2.45, 2.75) is 45.3 Å². The van der Waals surface area contributed by atoms with Crippen LogP contribution in [0.5, 0.6) is 5.75 Å². The minimum absolute atomic E-state index is 0.0221. The number of carboxylic acids is 1. The maximum atomic E-state index is 12.3. The van der Waals surface area contributed by atoms with Crippen molar-refractivity contribution < 1.29 is 29.3 Å². The van der Waals surface area contributed by atoms with Crippen LogP contribution in [0.1, 0.15) is 45.2 Å². The average molecular weight is 323 g/mol. The van der Waals surface area contributed by atoms with E-state index in [9.17, 15) is 19.5 Å². The molecule has 0 radical (unpaired) electrons. The first-order valence-electron chi connectivity index (χ1n) is 7.11. The highest BCUT2D eigenvalue weighted by Gasteiger charge is 2.28. The number of benzene rings is 1. The summed E-state index contributed by atoms with van der Waals surface area (Å²) in [6.07, 6.45) is -0.574. The lowest BCUT2D eigenvalue weighted by molar-refractivity contribution is -0.158. The minimum Gasteiger partial charge on any atom is -0.508 e. The van der Waals surface area contributed by atoms with Gasteiger partial charge in [-0.25, -0.2) is 4.79 Å². The Labute approximate surface area is 134 Å². The fraction of sp³-hybridized carbons (Fsp3) is 0.438. The number of rotatable bonds is 6. The van der Waals surface area contributed by atoms with E-state index in [-0.39, 0.29) is 18.6 Å². The lowest BCUT2D eigenvalue weighted by Gasteiger charge is -2.24. The third-order valence-corrected chi connectivity index (χ3v) is 2.74. The summed E-state index contributed by atoms with van der Waals surface area (Å²) in [5.41, 5.74) is -0.307. The van der Waals surface area contributed by atoms with E-state index in [2.05, 4.69) is 5.32 Å². The van der Waals surface area contributed by atoms with Gasteiger partial charge in [-0.3, -0.25) is 9.59 Å². The molecule has 3 N–H and O–H groups in total. The fourth-order valence-corrected chi connectivity index (χ4v) is 1.76. The Balaban J connectivity index is 2.92. The SMILES string of the molecule is CC(C)(C)OC(=O)C(NC(=O)CCC(=O)O)c1ccc(O)cc1. The molecule has 0 aliphatic heterocycles. The van der Waals surface area contributed by atoms with Crippen molar-refractivity contribution in [3.05, 3.63) is 29.8 Å². The number of esters is 1. The van der Waals surface area contributed by atoms with Crippen LogP contribution in [-0.2, 0) is 19.1 Å². The number of carbonyl (C=O) groups is 3. The van der Waals surface area contributed by atoms with Gasteiger partial charge in [-0.05, 0) is 38.5 Å². The predicted molar refractivity (Wildman–Crippen MR) is 81.7 cm³/mol. The van der Waals surface area contributed by atoms with Crippen LogP contribution in [0, 0.1) is 0 Å². The maximum Gasteiger partial charge on any atom is 0.333 e. The predicted octanol–water partition coefficient (Wildman–Crippen LogP) is 1.76. The summed E-state index contributed by atoms with van der Waals surface area (Å²) in [7, 11) is 0. The molecule has 0 saturated heterocycles. The molecular formula is C16H21NO6. The second-order valence-electron chi connectivity index (χ2n) is 6.02. The molecular weight excluding hydrogens is 302 g/mol. The van der Waals surface area contributed by atoms with E-state index in [4.69, 9.17) is 9.84 Å². The number of phenolic OH excluding ortho intramolecular Hbond substituents is 1. The van der Waals surface area contributed by atoms with Crippen LogP contribution in [0.4, 0.5) is 0 Å². The molecule has 0 saturated carbocycles. The van der Waals surface area contributed by atoms with E-state index >= 15 is 0 Å². The number of phenols is 1. The summed E-state index contributed by atoms with van der Waals surface area (Å²) in [5.74, 6) is -2.31. The van der Waals surface area contributed by atoms with Gasteiger partial charge in [0.25, 0.3) is 0 Å². The number of amides is 1. The van der Waals surface area contributed by atoms with Gasteiger partial charge in [0.15, 0.2) is 6.04 Å². The van der Waals surface area contributed by atoms with Crippen LogP contribution in [0.3, 0.4) is 0 Å². The van der Waals surface area contributed by atoms with Crippen LogP contribution >= 0.6 is 0 Å². The Bertz CT molecular complexity index is 573. The van der Waals surface area contributed by atoms with Crippen LogP contribution in [0.25, 0.3) is 0 Å². The van der Waals surface area contributed by atoms with E-state index in [1.165, 1.54) is 24.3 Å². The Morgan fingerprint density at radius 1 is 1.13 bits per heavy atom. The zero-order valence-corrected chi connectivity index (χ0v) is 13.3. The van der Waals surface area contributed by atoms with E-state index < -0.39 is 29.5 Å². The van der Waals surface area contributed by atoms with Crippen molar-refractivity contribution in [2.75, 3.05) is 0 Å². The molecule has 23 heavy (non-hydrogen) atoms. The van der Waals surface area contributed by atoms with Crippen LogP contribution in [-0.4, -0.2) is 33.7 Å².